The van der Waals surface area contributed by atoms with Crippen molar-refractivity contribution in [3.8, 4) is 16.9 Å². The highest BCUT2D eigenvalue weighted by atomic mass is 16.5. The molecule has 114 valence electrons. The number of pyridine rings is 1. The second-order valence-electron chi connectivity index (χ2n) is 4.72. The van der Waals surface area contributed by atoms with Crippen LogP contribution in [0.2, 0.25) is 0 Å². The molecule has 0 radical (unpaired) electrons. The summed E-state index contributed by atoms with van der Waals surface area (Å²) in [6.45, 7) is 1.68. The average Bonchev–Trinajstić information content (AvgIpc) is 2.52. The molecule has 1 heterocycles. The molecular formula is C16H16N2O4. The van der Waals surface area contributed by atoms with E-state index in [0.29, 0.717) is 5.56 Å². The van der Waals surface area contributed by atoms with Crippen LogP contribution in [-0.2, 0) is 9.53 Å². The van der Waals surface area contributed by atoms with Crippen molar-refractivity contribution in [2.45, 2.75) is 6.92 Å². The van der Waals surface area contributed by atoms with Crippen LogP contribution in [0.1, 0.15) is 16.1 Å². The van der Waals surface area contributed by atoms with Crippen LogP contribution in [0.3, 0.4) is 0 Å². The molecule has 0 spiro atoms. The fourth-order valence-corrected chi connectivity index (χ4v) is 1.92. The van der Waals surface area contributed by atoms with Gasteiger partial charge in [-0.2, -0.15) is 0 Å². The van der Waals surface area contributed by atoms with Gasteiger partial charge < -0.3 is 15.2 Å². The predicted octanol–water partition coefficient (Wildman–Crippen LogP) is 1.67. The number of rotatable bonds is 4. The van der Waals surface area contributed by atoms with Gasteiger partial charge in [0.15, 0.2) is 5.69 Å². The molecule has 0 saturated carbocycles. The molecule has 2 aromatic rings. The maximum absolute atomic E-state index is 11.8. The lowest BCUT2D eigenvalue weighted by atomic mass is 10.0. The number of hydrogen-bond donors (Lipinski definition) is 2. The average molecular weight is 300 g/mol. The third-order valence-electron chi connectivity index (χ3n) is 3.06. The number of aromatic nitrogens is 1. The highest BCUT2D eigenvalue weighted by molar-refractivity contribution is 5.96. The van der Waals surface area contributed by atoms with Gasteiger partial charge in [-0.15, -0.1) is 0 Å². The van der Waals surface area contributed by atoms with Crippen LogP contribution >= 0.6 is 0 Å². The van der Waals surface area contributed by atoms with Gasteiger partial charge in [0.2, 0.25) is 0 Å². The van der Waals surface area contributed by atoms with E-state index < -0.39 is 11.9 Å². The quantitative estimate of drug-likeness (QED) is 0.838. The minimum absolute atomic E-state index is 0.139. The molecule has 2 N–H and O–H groups in total. The topological polar surface area (TPSA) is 88.5 Å². The van der Waals surface area contributed by atoms with Crippen molar-refractivity contribution in [3.63, 3.8) is 0 Å². The summed E-state index contributed by atoms with van der Waals surface area (Å²) < 4.78 is 4.42. The molecule has 1 aromatic carbocycles. The smallest absolute Gasteiger partial charge is 0.325 e. The van der Waals surface area contributed by atoms with E-state index in [4.69, 9.17) is 0 Å². The van der Waals surface area contributed by atoms with Crippen molar-refractivity contribution in [2.75, 3.05) is 13.7 Å². The number of carbonyl (C=O) groups excluding carboxylic acids is 2. The Labute approximate surface area is 127 Å². The number of ether oxygens (including phenoxy) is 1. The summed E-state index contributed by atoms with van der Waals surface area (Å²) in [5.74, 6) is -1.47. The van der Waals surface area contributed by atoms with Crippen LogP contribution < -0.4 is 5.32 Å². The number of hydrogen-bond acceptors (Lipinski definition) is 5. The van der Waals surface area contributed by atoms with Gasteiger partial charge in [-0.3, -0.25) is 9.59 Å². The van der Waals surface area contributed by atoms with Gasteiger partial charge >= 0.3 is 5.97 Å². The molecule has 0 aliphatic heterocycles. The Bertz CT molecular complexity index is 713. The Hall–Kier alpha value is -2.89. The van der Waals surface area contributed by atoms with Crippen LogP contribution in [0, 0.1) is 6.92 Å². The Kier molecular flexibility index (Phi) is 4.73. The molecule has 1 amide bonds. The van der Waals surface area contributed by atoms with Crippen LogP contribution in [0.4, 0.5) is 0 Å². The molecule has 0 fully saturated rings. The zero-order valence-electron chi connectivity index (χ0n) is 12.3. The SMILES string of the molecule is COC(=O)CNC(=O)c1ncc(-c2cccc(C)c2)cc1O. The normalized spacial score (nSPS) is 10.1. The summed E-state index contributed by atoms with van der Waals surface area (Å²) in [6, 6.07) is 9.17. The second-order valence-corrected chi connectivity index (χ2v) is 4.72. The number of nitrogens with zero attached hydrogens (tertiary/aromatic N) is 1. The van der Waals surface area contributed by atoms with Gasteiger partial charge in [0, 0.05) is 11.8 Å². The van der Waals surface area contributed by atoms with Crippen LogP contribution in [0.25, 0.3) is 11.1 Å². The van der Waals surface area contributed by atoms with Crippen molar-refractivity contribution in [3.05, 3.63) is 47.8 Å². The molecule has 0 saturated heterocycles. The number of aromatic hydroxyl groups is 1. The van der Waals surface area contributed by atoms with Gasteiger partial charge in [-0.1, -0.05) is 29.8 Å². The Morgan fingerprint density at radius 1 is 1.27 bits per heavy atom. The zero-order valence-corrected chi connectivity index (χ0v) is 12.3. The minimum atomic E-state index is -0.640. The molecule has 0 aliphatic rings. The van der Waals surface area contributed by atoms with E-state index >= 15 is 0 Å². The predicted molar refractivity (Wildman–Crippen MR) is 80.4 cm³/mol. The molecule has 6 nitrogen and oxygen atoms in total. The Balaban J connectivity index is 2.19. The van der Waals surface area contributed by atoms with Crippen LogP contribution in [0.5, 0.6) is 5.75 Å². The third-order valence-corrected chi connectivity index (χ3v) is 3.06. The molecule has 6 heteroatoms. The first-order valence-corrected chi connectivity index (χ1v) is 6.62. The first-order chi connectivity index (χ1) is 10.5. The molecule has 2 rings (SSSR count). The monoisotopic (exact) mass is 300 g/mol. The van der Waals surface area contributed by atoms with E-state index in [0.717, 1.165) is 11.1 Å². The lowest BCUT2D eigenvalue weighted by Crippen LogP contribution is -2.30. The summed E-state index contributed by atoms with van der Waals surface area (Å²) in [5, 5.41) is 12.3. The first kappa shape index (κ1) is 15.5. The third kappa shape index (κ3) is 3.60. The van der Waals surface area contributed by atoms with Gasteiger partial charge in [-0.25, -0.2) is 4.98 Å². The first-order valence-electron chi connectivity index (χ1n) is 6.62. The molecule has 0 aliphatic carbocycles. The van der Waals surface area contributed by atoms with Crippen molar-refractivity contribution in [1.82, 2.24) is 10.3 Å². The molecule has 0 unspecified atom stereocenters. The van der Waals surface area contributed by atoms with E-state index in [1.807, 2.05) is 31.2 Å². The Morgan fingerprint density at radius 2 is 2.05 bits per heavy atom. The molecule has 0 bridgehead atoms. The fourth-order valence-electron chi connectivity index (χ4n) is 1.92. The maximum Gasteiger partial charge on any atom is 0.325 e. The number of benzene rings is 1. The van der Waals surface area contributed by atoms with Gasteiger partial charge in [0.25, 0.3) is 5.91 Å². The van der Waals surface area contributed by atoms with Crippen molar-refractivity contribution >= 4 is 11.9 Å². The lowest BCUT2D eigenvalue weighted by Gasteiger charge is -2.08. The number of methoxy groups -OCH3 is 1. The summed E-state index contributed by atoms with van der Waals surface area (Å²) in [4.78, 5) is 26.8. The summed E-state index contributed by atoms with van der Waals surface area (Å²) >= 11 is 0. The highest BCUT2D eigenvalue weighted by Gasteiger charge is 2.15. The van der Waals surface area contributed by atoms with Gasteiger partial charge in [-0.05, 0) is 18.6 Å². The second kappa shape index (κ2) is 6.71. The minimum Gasteiger partial charge on any atom is -0.505 e. The standard InChI is InChI=1S/C16H16N2O4/c1-10-4-3-5-11(6-10)12-7-13(19)15(17-8-12)16(21)18-9-14(20)22-2/h3-8,19H,9H2,1-2H3,(H,18,21). The van der Waals surface area contributed by atoms with Crippen molar-refractivity contribution < 1.29 is 19.4 Å². The van der Waals surface area contributed by atoms with E-state index in [1.165, 1.54) is 19.4 Å². The Morgan fingerprint density at radius 3 is 2.68 bits per heavy atom. The van der Waals surface area contributed by atoms with Crippen molar-refractivity contribution in [2.24, 2.45) is 0 Å². The fraction of sp³-hybridized carbons (Fsp3) is 0.188. The lowest BCUT2D eigenvalue weighted by molar-refractivity contribution is -0.139. The highest BCUT2D eigenvalue weighted by Crippen LogP contribution is 2.25. The maximum atomic E-state index is 11.8. The van der Waals surface area contributed by atoms with Crippen molar-refractivity contribution in [1.29, 1.82) is 0 Å². The number of esters is 1. The van der Waals surface area contributed by atoms with Gasteiger partial charge in [0.1, 0.15) is 12.3 Å². The number of nitrogens with one attached hydrogen (secondary N) is 1. The summed E-state index contributed by atoms with van der Waals surface area (Å²) in [7, 11) is 1.22. The molecule has 22 heavy (non-hydrogen) atoms. The van der Waals surface area contributed by atoms with Crippen LogP contribution in [-0.4, -0.2) is 35.6 Å². The molecule has 1 aromatic heterocycles. The van der Waals surface area contributed by atoms with Gasteiger partial charge in [0.05, 0.1) is 7.11 Å². The van der Waals surface area contributed by atoms with E-state index in [9.17, 15) is 14.7 Å². The van der Waals surface area contributed by atoms with E-state index in [1.54, 1.807) is 0 Å². The van der Waals surface area contributed by atoms with Crippen LogP contribution in [0.15, 0.2) is 36.5 Å². The number of amides is 1. The summed E-state index contributed by atoms with van der Waals surface area (Å²) in [5.41, 5.74) is 2.53. The largest absolute Gasteiger partial charge is 0.505 e. The number of carbonyl (C=O) groups is 2. The van der Waals surface area contributed by atoms with E-state index in [2.05, 4.69) is 15.0 Å². The molecular weight excluding hydrogens is 284 g/mol. The number of aryl methyl sites for hydroxylation is 1. The molecule has 0 atom stereocenters. The summed E-state index contributed by atoms with van der Waals surface area (Å²) in [6.07, 6.45) is 1.50. The van der Waals surface area contributed by atoms with E-state index in [-0.39, 0.29) is 18.0 Å². The zero-order chi connectivity index (χ0) is 16.1.